The van der Waals surface area contributed by atoms with Crippen molar-refractivity contribution in [2.75, 3.05) is 17.7 Å². The van der Waals surface area contributed by atoms with Crippen LogP contribution >= 0.6 is 11.8 Å². The van der Waals surface area contributed by atoms with Crippen LogP contribution in [0.4, 0.5) is 5.95 Å². The molecule has 2 N–H and O–H groups in total. The number of hydrogen-bond acceptors (Lipinski definition) is 7. The Labute approximate surface area is 164 Å². The summed E-state index contributed by atoms with van der Waals surface area (Å²) in [6.07, 6.45) is 0. The van der Waals surface area contributed by atoms with Crippen LogP contribution in [0.5, 0.6) is 5.75 Å². The number of tetrazole rings is 1. The van der Waals surface area contributed by atoms with Crippen molar-refractivity contribution in [3.63, 3.8) is 0 Å². The average molecular weight is 395 g/mol. The highest BCUT2D eigenvalue weighted by molar-refractivity contribution is 7.99. The number of nitrogens with one attached hydrogen (secondary N) is 2. The molecule has 4 aromatic rings. The van der Waals surface area contributed by atoms with Crippen molar-refractivity contribution in [3.05, 3.63) is 48.5 Å². The monoisotopic (exact) mass is 395 g/mol. The Morgan fingerprint density at radius 1 is 1.21 bits per heavy atom. The van der Waals surface area contributed by atoms with Gasteiger partial charge in [-0.15, -0.1) is 5.10 Å². The molecule has 0 saturated carbocycles. The smallest absolute Gasteiger partial charge is 0.269 e. The highest BCUT2D eigenvalue weighted by Crippen LogP contribution is 2.29. The van der Waals surface area contributed by atoms with Crippen molar-refractivity contribution in [2.24, 2.45) is 0 Å². The Morgan fingerprint density at radius 3 is 2.79 bits per heavy atom. The Bertz CT molecular complexity index is 1080. The SMILES string of the molecule is CCOc1ccc(-n2c(SCC(=O)Nc3nn[nH]n3)nc3ccccc32)cc1. The van der Waals surface area contributed by atoms with Crippen LogP contribution in [-0.2, 0) is 4.79 Å². The first-order chi connectivity index (χ1) is 13.7. The summed E-state index contributed by atoms with van der Waals surface area (Å²) in [6, 6.07) is 15.6. The number of carbonyl (C=O) groups is 1. The first-order valence-electron chi connectivity index (χ1n) is 8.61. The zero-order valence-corrected chi connectivity index (χ0v) is 15.8. The number of aromatic nitrogens is 6. The number of hydrogen-bond donors (Lipinski definition) is 2. The van der Waals surface area contributed by atoms with Crippen molar-refractivity contribution in [1.29, 1.82) is 0 Å². The predicted molar refractivity (Wildman–Crippen MR) is 106 cm³/mol. The van der Waals surface area contributed by atoms with Gasteiger partial charge in [0.25, 0.3) is 5.95 Å². The largest absolute Gasteiger partial charge is 0.494 e. The van der Waals surface area contributed by atoms with Gasteiger partial charge in [-0.1, -0.05) is 29.0 Å². The molecule has 2 aromatic heterocycles. The molecule has 0 aliphatic carbocycles. The molecule has 4 rings (SSSR count). The summed E-state index contributed by atoms with van der Waals surface area (Å²) < 4.78 is 7.55. The Balaban J connectivity index is 1.60. The fourth-order valence-corrected chi connectivity index (χ4v) is 3.54. The Kier molecular flexibility index (Phi) is 5.20. The minimum atomic E-state index is -0.239. The molecule has 2 heterocycles. The number of anilines is 1. The van der Waals surface area contributed by atoms with Crippen LogP contribution < -0.4 is 10.1 Å². The molecule has 0 radical (unpaired) electrons. The van der Waals surface area contributed by atoms with Gasteiger partial charge in [0.15, 0.2) is 5.16 Å². The molecule has 0 aliphatic rings. The van der Waals surface area contributed by atoms with E-state index in [1.165, 1.54) is 11.8 Å². The lowest BCUT2D eigenvalue weighted by Gasteiger charge is -2.10. The van der Waals surface area contributed by atoms with Crippen LogP contribution in [-0.4, -0.2) is 48.4 Å². The fraction of sp³-hybridized carbons (Fsp3) is 0.167. The minimum Gasteiger partial charge on any atom is -0.494 e. The first kappa shape index (κ1) is 18.0. The summed E-state index contributed by atoms with van der Waals surface area (Å²) in [4.78, 5) is 16.8. The maximum Gasteiger partial charge on any atom is 0.269 e. The first-order valence-corrected chi connectivity index (χ1v) is 9.60. The van der Waals surface area contributed by atoms with Crippen LogP contribution in [0.1, 0.15) is 6.92 Å². The topological polar surface area (TPSA) is 111 Å². The van der Waals surface area contributed by atoms with E-state index in [2.05, 4.69) is 30.9 Å². The minimum absolute atomic E-state index is 0.144. The maximum absolute atomic E-state index is 12.2. The van der Waals surface area contributed by atoms with Crippen molar-refractivity contribution in [2.45, 2.75) is 12.1 Å². The van der Waals surface area contributed by atoms with Crippen LogP contribution in [0.2, 0.25) is 0 Å². The van der Waals surface area contributed by atoms with Crippen molar-refractivity contribution >= 4 is 34.7 Å². The molecule has 0 fully saturated rings. The van der Waals surface area contributed by atoms with E-state index in [-0.39, 0.29) is 17.6 Å². The lowest BCUT2D eigenvalue weighted by molar-refractivity contribution is -0.113. The summed E-state index contributed by atoms with van der Waals surface area (Å²) in [5, 5.41) is 16.4. The molecule has 0 bridgehead atoms. The third kappa shape index (κ3) is 3.81. The van der Waals surface area contributed by atoms with Crippen LogP contribution in [0.25, 0.3) is 16.7 Å². The Morgan fingerprint density at radius 2 is 2.04 bits per heavy atom. The molecule has 142 valence electrons. The van der Waals surface area contributed by atoms with E-state index < -0.39 is 0 Å². The molecule has 0 aliphatic heterocycles. The highest BCUT2D eigenvalue weighted by atomic mass is 32.2. The van der Waals surface area contributed by atoms with Gasteiger partial charge in [0.05, 0.1) is 23.4 Å². The van der Waals surface area contributed by atoms with Crippen molar-refractivity contribution < 1.29 is 9.53 Å². The van der Waals surface area contributed by atoms with Gasteiger partial charge in [0.2, 0.25) is 5.91 Å². The molecular weight excluding hydrogens is 378 g/mol. The molecule has 0 saturated heterocycles. The number of H-pyrrole nitrogens is 1. The number of thioether (sulfide) groups is 1. The van der Waals surface area contributed by atoms with E-state index in [0.29, 0.717) is 11.8 Å². The second kappa shape index (κ2) is 8.09. The third-order valence-electron chi connectivity index (χ3n) is 3.86. The van der Waals surface area contributed by atoms with Gasteiger partial charge < -0.3 is 4.74 Å². The van der Waals surface area contributed by atoms with E-state index in [0.717, 1.165) is 22.5 Å². The molecule has 10 heteroatoms. The van der Waals surface area contributed by atoms with E-state index >= 15 is 0 Å². The number of carbonyl (C=O) groups excluding carboxylic acids is 1. The van der Waals surface area contributed by atoms with Crippen LogP contribution in [0.3, 0.4) is 0 Å². The zero-order valence-electron chi connectivity index (χ0n) is 15.0. The second-order valence-electron chi connectivity index (χ2n) is 5.72. The highest BCUT2D eigenvalue weighted by Gasteiger charge is 2.15. The van der Waals surface area contributed by atoms with Gasteiger partial charge >= 0.3 is 0 Å². The van der Waals surface area contributed by atoms with E-state index in [4.69, 9.17) is 4.74 Å². The summed E-state index contributed by atoms with van der Waals surface area (Å²) in [5.74, 6) is 0.876. The number of para-hydroxylation sites is 2. The summed E-state index contributed by atoms with van der Waals surface area (Å²) in [7, 11) is 0. The van der Waals surface area contributed by atoms with Crippen molar-refractivity contribution in [3.8, 4) is 11.4 Å². The molecule has 0 atom stereocenters. The zero-order chi connectivity index (χ0) is 19.3. The number of ether oxygens (including phenoxy) is 1. The molecular formula is C18H17N7O2S. The van der Waals surface area contributed by atoms with E-state index in [9.17, 15) is 4.79 Å². The van der Waals surface area contributed by atoms with Gasteiger partial charge in [-0.05, 0) is 48.5 Å². The normalized spacial score (nSPS) is 10.9. The third-order valence-corrected chi connectivity index (χ3v) is 4.80. The number of benzene rings is 2. The molecule has 9 nitrogen and oxygen atoms in total. The summed E-state index contributed by atoms with van der Waals surface area (Å²) >= 11 is 1.33. The fourth-order valence-electron chi connectivity index (χ4n) is 2.71. The number of nitrogens with zero attached hydrogens (tertiary/aromatic N) is 5. The van der Waals surface area contributed by atoms with E-state index in [1.807, 2.05) is 60.0 Å². The van der Waals surface area contributed by atoms with Gasteiger partial charge in [0.1, 0.15) is 5.75 Å². The quantitative estimate of drug-likeness (QED) is 0.463. The van der Waals surface area contributed by atoms with Gasteiger partial charge in [0, 0.05) is 5.69 Å². The number of aromatic amines is 1. The summed E-state index contributed by atoms with van der Waals surface area (Å²) in [6.45, 7) is 2.57. The number of fused-ring (bicyclic) bond motifs is 1. The molecule has 28 heavy (non-hydrogen) atoms. The molecule has 0 unspecified atom stereocenters. The van der Waals surface area contributed by atoms with Crippen LogP contribution in [0.15, 0.2) is 53.7 Å². The average Bonchev–Trinajstić information content (AvgIpc) is 3.34. The standard InChI is InChI=1S/C18H17N7O2S/c1-2-27-13-9-7-12(8-10-13)25-15-6-4-3-5-14(15)19-18(25)28-11-16(26)20-17-21-23-24-22-17/h3-10H,2,11H2,1H3,(H2,20,21,22,23,24,26). The number of amides is 1. The second-order valence-corrected chi connectivity index (χ2v) is 6.66. The number of imidazole rings is 1. The Hall–Kier alpha value is -3.40. The molecule has 2 aromatic carbocycles. The predicted octanol–water partition coefficient (Wildman–Crippen LogP) is 2.67. The van der Waals surface area contributed by atoms with E-state index in [1.54, 1.807) is 0 Å². The number of rotatable bonds is 7. The van der Waals surface area contributed by atoms with Gasteiger partial charge in [-0.2, -0.15) is 5.21 Å². The lowest BCUT2D eigenvalue weighted by atomic mass is 10.2. The molecule has 0 spiro atoms. The lowest BCUT2D eigenvalue weighted by Crippen LogP contribution is -2.15. The van der Waals surface area contributed by atoms with Gasteiger partial charge in [-0.25, -0.2) is 4.98 Å². The summed E-state index contributed by atoms with van der Waals surface area (Å²) in [5.41, 5.74) is 2.77. The molecule has 1 amide bonds. The van der Waals surface area contributed by atoms with Gasteiger partial charge in [-0.3, -0.25) is 14.7 Å². The maximum atomic E-state index is 12.2. The van der Waals surface area contributed by atoms with Crippen LogP contribution in [0, 0.1) is 0 Å². The van der Waals surface area contributed by atoms with Crippen molar-refractivity contribution in [1.82, 2.24) is 30.2 Å².